The van der Waals surface area contributed by atoms with Gasteiger partial charge >= 0.3 is 0 Å². The SMILES string of the molecule is CCCC(NC(=O)[C@H](CCCCN)NC(=O)[C@@H](N)C1CCCCC1)C(O)C(=O)NCC(=O)N[C@H](C(=O)NP)c1ccccc1. The molecule has 246 valence electrons. The minimum Gasteiger partial charge on any atom is -0.381 e. The highest BCUT2D eigenvalue weighted by Gasteiger charge is 2.33. The monoisotopic (exact) mass is 635 g/mol. The lowest BCUT2D eigenvalue weighted by molar-refractivity contribution is -0.136. The molecule has 0 saturated heterocycles. The molecule has 0 aromatic heterocycles. The lowest BCUT2D eigenvalue weighted by Gasteiger charge is -2.29. The van der Waals surface area contributed by atoms with E-state index < -0.39 is 66.4 Å². The van der Waals surface area contributed by atoms with Crippen molar-refractivity contribution in [2.75, 3.05) is 13.1 Å². The third kappa shape index (κ3) is 12.1. The van der Waals surface area contributed by atoms with E-state index in [2.05, 4.69) is 35.7 Å². The second-order valence-corrected chi connectivity index (χ2v) is 11.5. The fraction of sp³-hybridized carbons (Fsp3) is 0.633. The average Bonchev–Trinajstić information content (AvgIpc) is 3.05. The minimum absolute atomic E-state index is 0.0604. The van der Waals surface area contributed by atoms with E-state index in [1.165, 1.54) is 0 Å². The van der Waals surface area contributed by atoms with E-state index in [1.807, 2.05) is 6.92 Å². The second-order valence-electron chi connectivity index (χ2n) is 11.3. The number of aliphatic hydroxyl groups excluding tert-OH is 1. The molecule has 0 spiro atoms. The van der Waals surface area contributed by atoms with E-state index in [4.69, 9.17) is 11.5 Å². The first-order chi connectivity index (χ1) is 21.1. The van der Waals surface area contributed by atoms with Crippen LogP contribution in [-0.4, -0.2) is 72.0 Å². The minimum atomic E-state index is -1.67. The van der Waals surface area contributed by atoms with E-state index in [9.17, 15) is 29.1 Å². The molecule has 0 aliphatic heterocycles. The van der Waals surface area contributed by atoms with Crippen LogP contribution in [0.15, 0.2) is 30.3 Å². The van der Waals surface area contributed by atoms with Crippen molar-refractivity contribution >= 4 is 38.9 Å². The van der Waals surface area contributed by atoms with Crippen LogP contribution >= 0.6 is 9.39 Å². The summed E-state index contributed by atoms with van der Waals surface area (Å²) in [6.07, 6.45) is 5.60. The third-order valence-corrected chi connectivity index (χ3v) is 8.17. The molecule has 0 radical (unpaired) electrons. The van der Waals surface area contributed by atoms with Gasteiger partial charge in [0, 0.05) is 0 Å². The number of amides is 5. The Kier molecular flexibility index (Phi) is 16.9. The first-order valence-electron chi connectivity index (χ1n) is 15.5. The number of nitrogens with one attached hydrogen (secondary N) is 5. The Balaban J connectivity index is 2.01. The van der Waals surface area contributed by atoms with Crippen molar-refractivity contribution in [2.45, 2.75) is 101 Å². The highest BCUT2D eigenvalue weighted by atomic mass is 31.0. The molecule has 1 fully saturated rings. The summed E-state index contributed by atoms with van der Waals surface area (Å²) in [5.74, 6) is -2.87. The van der Waals surface area contributed by atoms with Crippen molar-refractivity contribution in [3.8, 4) is 0 Å². The van der Waals surface area contributed by atoms with Crippen molar-refractivity contribution in [1.29, 1.82) is 0 Å². The van der Waals surface area contributed by atoms with Crippen LogP contribution in [0.25, 0.3) is 0 Å². The second kappa shape index (κ2) is 20.0. The zero-order valence-electron chi connectivity index (χ0n) is 25.6. The molecular weight excluding hydrogens is 585 g/mol. The largest absolute Gasteiger partial charge is 0.381 e. The molecule has 2 rings (SSSR count). The summed E-state index contributed by atoms with van der Waals surface area (Å²) in [5.41, 5.74) is 12.4. The molecule has 0 heterocycles. The number of carbonyl (C=O) groups excluding carboxylic acids is 5. The normalized spacial score (nSPS) is 16.8. The molecule has 1 aliphatic carbocycles. The molecule has 5 amide bonds. The lowest BCUT2D eigenvalue weighted by atomic mass is 9.84. The van der Waals surface area contributed by atoms with Crippen LogP contribution in [-0.2, 0) is 24.0 Å². The average molecular weight is 636 g/mol. The fourth-order valence-corrected chi connectivity index (χ4v) is 5.50. The van der Waals surface area contributed by atoms with E-state index in [0.29, 0.717) is 37.8 Å². The van der Waals surface area contributed by atoms with Gasteiger partial charge in [-0.1, -0.05) is 62.9 Å². The number of aliphatic hydroxyl groups is 1. The Labute approximate surface area is 262 Å². The maximum atomic E-state index is 13.4. The quantitative estimate of drug-likeness (QED) is 0.0811. The van der Waals surface area contributed by atoms with Crippen molar-refractivity contribution in [1.82, 2.24) is 26.4 Å². The summed E-state index contributed by atoms with van der Waals surface area (Å²) in [7, 11) is 2.08. The summed E-state index contributed by atoms with van der Waals surface area (Å²) in [5, 5.41) is 23.7. The maximum absolute atomic E-state index is 13.4. The first-order valence-corrected chi connectivity index (χ1v) is 16.1. The maximum Gasteiger partial charge on any atom is 0.251 e. The number of benzene rings is 1. The number of hydrogen-bond acceptors (Lipinski definition) is 8. The molecule has 1 aromatic rings. The Morgan fingerprint density at radius 2 is 1.59 bits per heavy atom. The third-order valence-electron chi connectivity index (χ3n) is 7.88. The molecule has 10 N–H and O–H groups in total. The topological polar surface area (TPSA) is 218 Å². The Bertz CT molecular complexity index is 1070. The van der Waals surface area contributed by atoms with E-state index in [1.54, 1.807) is 30.3 Å². The first kappa shape index (κ1) is 37.1. The van der Waals surface area contributed by atoms with Crippen LogP contribution in [0.4, 0.5) is 0 Å². The molecule has 1 aliphatic rings. The number of carbonyl (C=O) groups is 5. The summed E-state index contributed by atoms with van der Waals surface area (Å²) in [6, 6.07) is 4.98. The highest BCUT2D eigenvalue weighted by molar-refractivity contribution is 7.15. The predicted octanol–water partition coefficient (Wildman–Crippen LogP) is 0.0336. The summed E-state index contributed by atoms with van der Waals surface area (Å²) in [4.78, 5) is 64.1. The predicted molar refractivity (Wildman–Crippen MR) is 170 cm³/mol. The molecule has 13 nitrogen and oxygen atoms in total. The zero-order chi connectivity index (χ0) is 32.5. The van der Waals surface area contributed by atoms with Gasteiger partial charge in [-0.3, -0.25) is 24.0 Å². The molecule has 1 aromatic carbocycles. The Morgan fingerprint density at radius 3 is 2.20 bits per heavy atom. The molecule has 44 heavy (non-hydrogen) atoms. The van der Waals surface area contributed by atoms with Gasteiger partial charge in [-0.05, 0) is 65.9 Å². The lowest BCUT2D eigenvalue weighted by Crippen LogP contribution is -2.58. The number of rotatable bonds is 18. The van der Waals surface area contributed by atoms with Crippen LogP contribution in [0, 0.1) is 5.92 Å². The number of unbranched alkanes of at least 4 members (excludes halogenated alkanes) is 1. The van der Waals surface area contributed by atoms with Crippen LogP contribution in [0.3, 0.4) is 0 Å². The van der Waals surface area contributed by atoms with Gasteiger partial charge in [-0.25, -0.2) is 0 Å². The van der Waals surface area contributed by atoms with Crippen molar-refractivity contribution < 1.29 is 29.1 Å². The van der Waals surface area contributed by atoms with Gasteiger partial charge in [-0.15, -0.1) is 0 Å². The molecule has 0 bridgehead atoms. The van der Waals surface area contributed by atoms with E-state index in [-0.39, 0.29) is 12.3 Å². The molecule has 6 atom stereocenters. The van der Waals surface area contributed by atoms with E-state index >= 15 is 0 Å². The molecule has 1 saturated carbocycles. The standard InChI is InChI=1S/C30H50N7O6P/c1-2-11-21(26(39)30(43)33-18-23(38)36-25(29(42)37-44)20-14-7-4-8-15-20)34-27(40)22(16-9-10-17-31)35-28(41)24(32)19-12-5-3-6-13-19/h4,7-8,14-15,19,21-22,24-26,39H,2-3,5-6,9-13,16-18,31-32,44H2,1H3,(H,33,43)(H,34,40)(H,35,41)(H,36,38)(H,37,42)/t21?,22-,24-,25-,26?/m0/s1. The van der Waals surface area contributed by atoms with Gasteiger partial charge < -0.3 is 42.9 Å². The highest BCUT2D eigenvalue weighted by Crippen LogP contribution is 2.26. The van der Waals surface area contributed by atoms with Gasteiger partial charge in [0.1, 0.15) is 12.1 Å². The summed E-state index contributed by atoms with van der Waals surface area (Å²) < 4.78 is 0. The van der Waals surface area contributed by atoms with Crippen molar-refractivity contribution in [3.05, 3.63) is 35.9 Å². The van der Waals surface area contributed by atoms with E-state index in [0.717, 1.165) is 32.1 Å². The van der Waals surface area contributed by atoms with Gasteiger partial charge in [0.05, 0.1) is 18.6 Å². The van der Waals surface area contributed by atoms with Gasteiger partial charge in [0.15, 0.2) is 6.10 Å². The Hall–Kier alpha value is -3.12. The van der Waals surface area contributed by atoms with Crippen LogP contribution in [0.2, 0.25) is 0 Å². The summed E-state index contributed by atoms with van der Waals surface area (Å²) in [6.45, 7) is 1.76. The van der Waals surface area contributed by atoms with Crippen LogP contribution in [0.1, 0.15) is 82.7 Å². The molecular formula is C30H50N7O6P. The van der Waals surface area contributed by atoms with Gasteiger partial charge in [0.25, 0.3) is 5.91 Å². The molecule has 3 unspecified atom stereocenters. The number of nitrogens with two attached hydrogens (primary N) is 2. The van der Waals surface area contributed by atoms with Gasteiger partial charge in [0.2, 0.25) is 23.6 Å². The number of hydrogen-bond donors (Lipinski definition) is 8. The zero-order valence-corrected chi connectivity index (χ0v) is 26.7. The van der Waals surface area contributed by atoms with Crippen molar-refractivity contribution in [3.63, 3.8) is 0 Å². The fourth-order valence-electron chi connectivity index (χ4n) is 5.34. The van der Waals surface area contributed by atoms with Crippen molar-refractivity contribution in [2.24, 2.45) is 17.4 Å². The van der Waals surface area contributed by atoms with Crippen LogP contribution < -0.4 is 37.8 Å². The van der Waals surface area contributed by atoms with Gasteiger partial charge in [-0.2, -0.15) is 0 Å². The Morgan fingerprint density at radius 1 is 0.909 bits per heavy atom. The molecule has 14 heteroatoms. The van der Waals surface area contributed by atoms with Crippen LogP contribution in [0.5, 0.6) is 0 Å². The summed E-state index contributed by atoms with van der Waals surface area (Å²) >= 11 is 0. The smallest absolute Gasteiger partial charge is 0.251 e.